The molecule has 0 atom stereocenters. The number of aromatic nitrogens is 1. The number of halogens is 1. The van der Waals surface area contributed by atoms with Crippen LogP contribution in [0.2, 0.25) is 5.02 Å². The van der Waals surface area contributed by atoms with Gasteiger partial charge in [0, 0.05) is 29.5 Å². The van der Waals surface area contributed by atoms with Gasteiger partial charge in [0.1, 0.15) is 10.8 Å². The molecule has 0 unspecified atom stereocenters. The molecule has 0 radical (unpaired) electrons. The normalized spacial score (nSPS) is 10.5. The molecule has 0 saturated carbocycles. The van der Waals surface area contributed by atoms with Gasteiger partial charge in [0.15, 0.2) is 5.78 Å². The average molecular weight is 428 g/mol. The number of nitriles is 1. The summed E-state index contributed by atoms with van der Waals surface area (Å²) >= 11 is 7.53. The molecule has 8 heteroatoms. The Morgan fingerprint density at radius 3 is 2.86 bits per heavy atom. The fourth-order valence-electron chi connectivity index (χ4n) is 2.81. The summed E-state index contributed by atoms with van der Waals surface area (Å²) < 4.78 is 6.44. The summed E-state index contributed by atoms with van der Waals surface area (Å²) in [5.41, 5.74) is 2.57. The van der Waals surface area contributed by atoms with Gasteiger partial charge in [0.25, 0.3) is 0 Å². The molecule has 1 amide bonds. The summed E-state index contributed by atoms with van der Waals surface area (Å²) in [5.74, 6) is 0.223. The molecule has 0 aliphatic carbocycles. The minimum Gasteiger partial charge on any atom is -0.496 e. The van der Waals surface area contributed by atoms with E-state index in [0.717, 1.165) is 21.3 Å². The zero-order valence-corrected chi connectivity index (χ0v) is 17.3. The summed E-state index contributed by atoms with van der Waals surface area (Å²) in [4.78, 5) is 28.2. The number of hydrogen-bond acceptors (Lipinski definition) is 6. The van der Waals surface area contributed by atoms with Crippen LogP contribution in [0.5, 0.6) is 5.75 Å². The first-order valence-corrected chi connectivity index (χ1v) is 10.1. The Morgan fingerprint density at radius 2 is 2.14 bits per heavy atom. The molecule has 29 heavy (non-hydrogen) atoms. The number of benzene rings is 2. The van der Waals surface area contributed by atoms with Crippen molar-refractivity contribution >= 4 is 44.8 Å². The van der Waals surface area contributed by atoms with Crippen LogP contribution in [0, 0.1) is 11.3 Å². The maximum atomic E-state index is 12.1. The lowest BCUT2D eigenvalue weighted by atomic mass is 10.0. The number of methoxy groups -OCH3 is 1. The van der Waals surface area contributed by atoms with Crippen LogP contribution in [-0.4, -0.2) is 30.3 Å². The molecule has 1 aromatic heterocycles. The predicted molar refractivity (Wildman–Crippen MR) is 113 cm³/mol. The molecule has 0 fully saturated rings. The molecule has 6 nitrogen and oxygen atoms in total. The van der Waals surface area contributed by atoms with E-state index in [1.807, 2.05) is 42.5 Å². The highest BCUT2D eigenvalue weighted by atomic mass is 35.5. The smallest absolute Gasteiger partial charge is 0.227 e. The van der Waals surface area contributed by atoms with Crippen molar-refractivity contribution in [3.8, 4) is 22.9 Å². The lowest BCUT2D eigenvalue weighted by Gasteiger charge is -2.09. The molecular weight excluding hydrogens is 410 g/mol. The Hall–Kier alpha value is -2.95. The number of ether oxygens (including phenoxy) is 1. The molecule has 0 spiro atoms. The van der Waals surface area contributed by atoms with Crippen molar-refractivity contribution in [3.63, 3.8) is 0 Å². The minimum absolute atomic E-state index is 0.0713. The molecule has 0 saturated heterocycles. The van der Waals surface area contributed by atoms with Crippen molar-refractivity contribution in [2.75, 3.05) is 13.7 Å². The second kappa shape index (κ2) is 9.50. The standard InChI is InChI=1S/C21H18ClN3O3S/c1-28-18-10-17-19(9-16(18)13-4-2-5-14(22)8-13)29-21(25-17)11-20(27)24-12-15(26)6-3-7-23/h2,4-5,8-10H,3,6,11-12H2,1H3,(H,24,27). The van der Waals surface area contributed by atoms with Gasteiger partial charge in [0.2, 0.25) is 5.91 Å². The van der Waals surface area contributed by atoms with E-state index in [-0.39, 0.29) is 37.5 Å². The number of Topliss-reactive ketones (excluding diaryl/α,β-unsaturated/α-hetero) is 1. The summed E-state index contributed by atoms with van der Waals surface area (Å²) in [6, 6.07) is 13.2. The van der Waals surface area contributed by atoms with E-state index in [1.54, 1.807) is 7.11 Å². The first kappa shape index (κ1) is 20.8. The predicted octanol–water partition coefficient (Wildman–Crippen LogP) is 4.16. The van der Waals surface area contributed by atoms with E-state index in [2.05, 4.69) is 10.3 Å². The van der Waals surface area contributed by atoms with Crippen LogP contribution in [0.1, 0.15) is 17.8 Å². The van der Waals surface area contributed by atoms with Gasteiger partial charge < -0.3 is 10.1 Å². The number of fused-ring (bicyclic) bond motifs is 1. The molecule has 3 rings (SSSR count). The van der Waals surface area contributed by atoms with E-state index in [0.29, 0.717) is 15.8 Å². The molecular formula is C21H18ClN3O3S. The maximum Gasteiger partial charge on any atom is 0.227 e. The van der Waals surface area contributed by atoms with E-state index in [9.17, 15) is 9.59 Å². The number of amides is 1. The SMILES string of the molecule is COc1cc2nc(CC(=O)NCC(=O)CCC#N)sc2cc1-c1cccc(Cl)c1. The largest absolute Gasteiger partial charge is 0.496 e. The lowest BCUT2D eigenvalue weighted by molar-refractivity contribution is -0.124. The van der Waals surface area contributed by atoms with Crippen molar-refractivity contribution in [3.05, 3.63) is 46.4 Å². The molecule has 1 heterocycles. The van der Waals surface area contributed by atoms with Crippen molar-refractivity contribution in [1.82, 2.24) is 10.3 Å². The zero-order chi connectivity index (χ0) is 20.8. The Kier molecular flexibility index (Phi) is 6.81. The van der Waals surface area contributed by atoms with Gasteiger partial charge in [-0.3, -0.25) is 9.59 Å². The molecule has 0 aliphatic heterocycles. The third-order valence-electron chi connectivity index (χ3n) is 4.20. The molecule has 0 aliphatic rings. The highest BCUT2D eigenvalue weighted by Gasteiger charge is 2.14. The second-order valence-corrected chi connectivity index (χ2v) is 7.84. The first-order valence-electron chi connectivity index (χ1n) is 8.89. The quantitative estimate of drug-likeness (QED) is 0.582. The Labute approximate surface area is 177 Å². The van der Waals surface area contributed by atoms with Crippen molar-refractivity contribution in [1.29, 1.82) is 5.26 Å². The number of rotatable bonds is 8. The third-order valence-corrected chi connectivity index (χ3v) is 5.45. The number of thiazole rings is 1. The van der Waals surface area contributed by atoms with Crippen LogP contribution < -0.4 is 10.1 Å². The number of carbonyl (C=O) groups is 2. The molecule has 148 valence electrons. The van der Waals surface area contributed by atoms with Crippen LogP contribution in [0.4, 0.5) is 0 Å². The van der Waals surface area contributed by atoms with Crippen LogP contribution in [-0.2, 0) is 16.0 Å². The number of hydrogen-bond donors (Lipinski definition) is 1. The second-order valence-electron chi connectivity index (χ2n) is 6.29. The number of carbonyl (C=O) groups excluding carboxylic acids is 2. The average Bonchev–Trinajstić information content (AvgIpc) is 3.10. The maximum absolute atomic E-state index is 12.1. The van der Waals surface area contributed by atoms with Gasteiger partial charge in [-0.15, -0.1) is 11.3 Å². The summed E-state index contributed by atoms with van der Waals surface area (Å²) in [5, 5.41) is 12.3. The molecule has 0 bridgehead atoms. The van der Waals surface area contributed by atoms with Gasteiger partial charge in [-0.25, -0.2) is 4.98 Å². The summed E-state index contributed by atoms with van der Waals surface area (Å²) in [6.07, 6.45) is 0.382. The van der Waals surface area contributed by atoms with E-state index < -0.39 is 0 Å². The third kappa shape index (κ3) is 5.31. The van der Waals surface area contributed by atoms with Gasteiger partial charge in [0.05, 0.1) is 36.4 Å². The minimum atomic E-state index is -0.281. The number of nitrogens with one attached hydrogen (secondary N) is 1. The van der Waals surface area contributed by atoms with Crippen LogP contribution >= 0.6 is 22.9 Å². The number of ketones is 1. The summed E-state index contributed by atoms with van der Waals surface area (Å²) in [7, 11) is 1.60. The molecule has 2 aromatic carbocycles. The molecule has 3 aromatic rings. The molecule has 1 N–H and O–H groups in total. The zero-order valence-electron chi connectivity index (χ0n) is 15.7. The van der Waals surface area contributed by atoms with Crippen LogP contribution in [0.25, 0.3) is 21.3 Å². The van der Waals surface area contributed by atoms with Crippen molar-refractivity contribution in [2.45, 2.75) is 19.3 Å². The van der Waals surface area contributed by atoms with Crippen LogP contribution in [0.3, 0.4) is 0 Å². The Bertz CT molecular complexity index is 1100. The van der Waals surface area contributed by atoms with Gasteiger partial charge >= 0.3 is 0 Å². The van der Waals surface area contributed by atoms with Crippen molar-refractivity contribution in [2.24, 2.45) is 0 Å². The van der Waals surface area contributed by atoms with E-state index >= 15 is 0 Å². The van der Waals surface area contributed by atoms with Gasteiger partial charge in [-0.05, 0) is 23.8 Å². The first-order chi connectivity index (χ1) is 14.0. The highest BCUT2D eigenvalue weighted by Crippen LogP contribution is 2.37. The Morgan fingerprint density at radius 1 is 1.31 bits per heavy atom. The highest BCUT2D eigenvalue weighted by molar-refractivity contribution is 7.18. The Balaban J connectivity index is 1.77. The lowest BCUT2D eigenvalue weighted by Crippen LogP contribution is -2.30. The van der Waals surface area contributed by atoms with Crippen molar-refractivity contribution < 1.29 is 14.3 Å². The monoisotopic (exact) mass is 427 g/mol. The fourth-order valence-corrected chi connectivity index (χ4v) is 3.99. The van der Waals surface area contributed by atoms with E-state index in [1.165, 1.54) is 11.3 Å². The number of nitrogens with zero attached hydrogens (tertiary/aromatic N) is 2. The van der Waals surface area contributed by atoms with E-state index in [4.69, 9.17) is 21.6 Å². The summed E-state index contributed by atoms with van der Waals surface area (Å²) in [6.45, 7) is -0.0713. The van der Waals surface area contributed by atoms with Gasteiger partial charge in [-0.2, -0.15) is 5.26 Å². The topological polar surface area (TPSA) is 92.1 Å². The van der Waals surface area contributed by atoms with Crippen LogP contribution in [0.15, 0.2) is 36.4 Å². The van der Waals surface area contributed by atoms with Gasteiger partial charge in [-0.1, -0.05) is 23.7 Å². The fraction of sp³-hybridized carbons (Fsp3) is 0.238.